The lowest BCUT2D eigenvalue weighted by Crippen LogP contribution is -2.58. The Balaban J connectivity index is 1.71. The molecule has 0 radical (unpaired) electrons. The third kappa shape index (κ3) is 4.14. The second-order valence-corrected chi connectivity index (χ2v) is 10.9. The number of rotatable bonds is 1. The topological polar surface area (TPSA) is 110 Å². The molecule has 1 amide bonds. The average molecular weight is 441 g/mol. The van der Waals surface area contributed by atoms with E-state index in [4.69, 9.17) is 21.2 Å². The van der Waals surface area contributed by atoms with Crippen LogP contribution in [0.3, 0.4) is 0 Å². The van der Waals surface area contributed by atoms with Gasteiger partial charge in [0.2, 0.25) is 11.9 Å². The van der Waals surface area contributed by atoms with Crippen LogP contribution in [-0.2, 0) is 16.7 Å². The Bertz CT molecular complexity index is 969. The first kappa shape index (κ1) is 22.4. The van der Waals surface area contributed by atoms with Crippen molar-refractivity contribution >= 4 is 23.7 Å². The van der Waals surface area contributed by atoms with Gasteiger partial charge >= 0.3 is 6.09 Å². The van der Waals surface area contributed by atoms with Crippen molar-refractivity contribution in [2.45, 2.75) is 89.9 Å². The summed E-state index contributed by atoms with van der Waals surface area (Å²) in [5.74, 6) is 0.620. The number of aliphatic imine (C=N–C) groups is 2. The van der Waals surface area contributed by atoms with Crippen LogP contribution in [0.2, 0.25) is 0 Å². The van der Waals surface area contributed by atoms with Gasteiger partial charge in [-0.1, -0.05) is 26.3 Å². The van der Waals surface area contributed by atoms with Gasteiger partial charge in [-0.05, 0) is 69.7 Å². The number of carbonyl (C=O) groups is 1. The van der Waals surface area contributed by atoms with E-state index in [2.05, 4.69) is 37.0 Å². The number of benzene rings is 1. The fraction of sp³-hybridized carbons (Fsp3) is 0.625. The maximum atomic E-state index is 12.9. The molecular formula is C24H36N6O2. The van der Waals surface area contributed by atoms with E-state index in [1.54, 1.807) is 4.90 Å². The van der Waals surface area contributed by atoms with Gasteiger partial charge in [0.15, 0.2) is 0 Å². The highest BCUT2D eigenvalue weighted by Crippen LogP contribution is 2.42. The highest BCUT2D eigenvalue weighted by Gasteiger charge is 2.43. The number of nitrogens with zero attached hydrogens (tertiary/aromatic N) is 4. The summed E-state index contributed by atoms with van der Waals surface area (Å²) >= 11 is 0. The molecule has 174 valence electrons. The van der Waals surface area contributed by atoms with Gasteiger partial charge in [-0.3, -0.25) is 4.90 Å². The Hall–Kier alpha value is -2.77. The summed E-state index contributed by atoms with van der Waals surface area (Å²) in [5.41, 5.74) is 14.5. The van der Waals surface area contributed by atoms with Crippen LogP contribution in [0.4, 0.5) is 10.5 Å². The maximum absolute atomic E-state index is 12.9. The van der Waals surface area contributed by atoms with Gasteiger partial charge < -0.3 is 21.1 Å². The van der Waals surface area contributed by atoms with E-state index < -0.39 is 11.3 Å². The first-order valence-electron chi connectivity index (χ1n) is 11.5. The Morgan fingerprint density at radius 3 is 2.47 bits per heavy atom. The molecule has 1 aliphatic carbocycles. The smallest absolute Gasteiger partial charge is 0.410 e. The molecule has 0 atom stereocenters. The van der Waals surface area contributed by atoms with Crippen LogP contribution in [0.25, 0.3) is 0 Å². The molecule has 0 bridgehead atoms. The minimum absolute atomic E-state index is 0.199. The molecule has 2 heterocycles. The fourth-order valence-electron chi connectivity index (χ4n) is 5.28. The third-order valence-electron chi connectivity index (χ3n) is 6.53. The third-order valence-corrected chi connectivity index (χ3v) is 6.53. The lowest BCUT2D eigenvalue weighted by molar-refractivity contribution is 0.0174. The Labute approximate surface area is 190 Å². The van der Waals surface area contributed by atoms with E-state index in [-0.39, 0.29) is 17.5 Å². The zero-order chi connectivity index (χ0) is 23.3. The SMILES string of the molecule is CC(C)(C)OC(=O)N1Cc2cc(N3C(N)=NC(N)=NC34CCCCC4)ccc2C(C)(C)C1. The van der Waals surface area contributed by atoms with Crippen molar-refractivity contribution in [1.29, 1.82) is 0 Å². The van der Waals surface area contributed by atoms with Gasteiger partial charge in [0, 0.05) is 24.2 Å². The normalized spacial score (nSPS) is 22.2. The highest BCUT2D eigenvalue weighted by atomic mass is 16.6. The minimum Gasteiger partial charge on any atom is -0.444 e. The average Bonchev–Trinajstić information content (AvgIpc) is 2.65. The standard InChI is InChI=1S/C24H36N6O2/c1-22(2,3)32-21(31)29-14-16-13-17(9-10-18(16)23(4,5)15-29)30-20(26)27-19(25)28-24(30)11-7-6-8-12-24/h9-10,13H,6-8,11-12,14-15H2,1-5H3,(H4,25,26,27,28). The number of hydrogen-bond donors (Lipinski definition) is 2. The number of fused-ring (bicyclic) bond motifs is 1. The summed E-state index contributed by atoms with van der Waals surface area (Å²) in [6, 6.07) is 6.38. The summed E-state index contributed by atoms with van der Waals surface area (Å²) in [7, 11) is 0. The van der Waals surface area contributed by atoms with E-state index >= 15 is 0 Å². The zero-order valence-corrected chi connectivity index (χ0v) is 19.9. The molecule has 2 aliphatic heterocycles. The van der Waals surface area contributed by atoms with Crippen LogP contribution in [0.1, 0.15) is 77.8 Å². The predicted molar refractivity (Wildman–Crippen MR) is 128 cm³/mol. The van der Waals surface area contributed by atoms with Crippen molar-refractivity contribution in [1.82, 2.24) is 4.90 Å². The highest BCUT2D eigenvalue weighted by molar-refractivity contribution is 6.05. The van der Waals surface area contributed by atoms with Crippen molar-refractivity contribution in [3.05, 3.63) is 29.3 Å². The number of carbonyl (C=O) groups excluding carboxylic acids is 1. The number of ether oxygens (including phenoxy) is 1. The number of nitrogens with two attached hydrogens (primary N) is 2. The summed E-state index contributed by atoms with van der Waals surface area (Å²) in [6.45, 7) is 11.1. The minimum atomic E-state index is -0.534. The first-order valence-corrected chi connectivity index (χ1v) is 11.5. The lowest BCUT2D eigenvalue weighted by Gasteiger charge is -2.46. The number of anilines is 1. The Morgan fingerprint density at radius 2 is 1.81 bits per heavy atom. The van der Waals surface area contributed by atoms with E-state index in [0.717, 1.165) is 36.9 Å². The molecule has 1 saturated carbocycles. The number of guanidine groups is 2. The molecular weight excluding hydrogens is 404 g/mol. The van der Waals surface area contributed by atoms with E-state index in [0.29, 0.717) is 19.0 Å². The predicted octanol–water partition coefficient (Wildman–Crippen LogP) is 3.82. The molecule has 4 N–H and O–H groups in total. The quantitative estimate of drug-likeness (QED) is 0.690. The van der Waals surface area contributed by atoms with Gasteiger partial charge in [-0.15, -0.1) is 0 Å². The molecule has 4 rings (SSSR count). The molecule has 0 saturated heterocycles. The van der Waals surface area contributed by atoms with Gasteiger partial charge in [0.1, 0.15) is 11.3 Å². The van der Waals surface area contributed by atoms with Crippen LogP contribution in [-0.4, -0.2) is 40.7 Å². The number of hydrogen-bond acceptors (Lipinski definition) is 7. The van der Waals surface area contributed by atoms with Crippen molar-refractivity contribution in [2.24, 2.45) is 21.5 Å². The Morgan fingerprint density at radius 1 is 1.12 bits per heavy atom. The van der Waals surface area contributed by atoms with Crippen LogP contribution < -0.4 is 16.4 Å². The van der Waals surface area contributed by atoms with Crippen molar-refractivity contribution < 1.29 is 9.53 Å². The van der Waals surface area contributed by atoms with Crippen LogP contribution >= 0.6 is 0 Å². The molecule has 1 fully saturated rings. The molecule has 8 heteroatoms. The molecule has 3 aliphatic rings. The van der Waals surface area contributed by atoms with Crippen molar-refractivity contribution in [3.63, 3.8) is 0 Å². The monoisotopic (exact) mass is 440 g/mol. The zero-order valence-electron chi connectivity index (χ0n) is 19.9. The van der Waals surface area contributed by atoms with Crippen molar-refractivity contribution in [3.8, 4) is 0 Å². The Kier molecular flexibility index (Phi) is 5.38. The molecule has 1 aromatic rings. The van der Waals surface area contributed by atoms with Gasteiger partial charge in [-0.2, -0.15) is 4.99 Å². The van der Waals surface area contributed by atoms with E-state index in [1.807, 2.05) is 25.7 Å². The van der Waals surface area contributed by atoms with E-state index in [1.165, 1.54) is 12.0 Å². The van der Waals surface area contributed by atoms with Gasteiger partial charge in [-0.25, -0.2) is 9.79 Å². The fourth-order valence-corrected chi connectivity index (χ4v) is 5.28. The molecule has 32 heavy (non-hydrogen) atoms. The summed E-state index contributed by atoms with van der Waals surface area (Å²) < 4.78 is 5.66. The second-order valence-electron chi connectivity index (χ2n) is 10.9. The van der Waals surface area contributed by atoms with Gasteiger partial charge in [0.05, 0.1) is 0 Å². The molecule has 0 aromatic heterocycles. The summed E-state index contributed by atoms with van der Waals surface area (Å²) in [6.07, 6.45) is 4.82. The lowest BCUT2D eigenvalue weighted by atomic mass is 9.78. The van der Waals surface area contributed by atoms with Crippen LogP contribution in [0.15, 0.2) is 28.2 Å². The molecule has 1 aromatic carbocycles. The summed E-state index contributed by atoms with van der Waals surface area (Å²) in [4.78, 5) is 25.7. The molecule has 1 spiro atoms. The largest absolute Gasteiger partial charge is 0.444 e. The van der Waals surface area contributed by atoms with Gasteiger partial charge in [0.25, 0.3) is 0 Å². The molecule has 0 unspecified atom stereocenters. The van der Waals surface area contributed by atoms with Crippen LogP contribution in [0.5, 0.6) is 0 Å². The maximum Gasteiger partial charge on any atom is 0.410 e. The second kappa shape index (κ2) is 7.67. The van der Waals surface area contributed by atoms with Crippen molar-refractivity contribution in [2.75, 3.05) is 11.4 Å². The first-order chi connectivity index (χ1) is 14.9. The molecule has 8 nitrogen and oxygen atoms in total. The summed E-state index contributed by atoms with van der Waals surface area (Å²) in [5, 5.41) is 0. The number of amides is 1. The van der Waals surface area contributed by atoms with E-state index in [9.17, 15) is 4.79 Å². The van der Waals surface area contributed by atoms with Crippen LogP contribution in [0, 0.1) is 0 Å².